The van der Waals surface area contributed by atoms with Gasteiger partial charge in [0, 0.05) is 34.9 Å². The first-order valence-electron chi connectivity index (χ1n) is 8.19. The molecule has 0 N–H and O–H groups in total. The molecule has 0 aliphatic rings. The topological polar surface area (TPSA) is 60.2 Å². The molecule has 3 rings (SSSR count). The number of nitrogens with zero attached hydrogens (tertiary/aromatic N) is 4. The average Bonchev–Trinajstić information content (AvgIpc) is 3.20. The first-order chi connectivity index (χ1) is 12.6. The van der Waals surface area contributed by atoms with Crippen LogP contribution in [0.25, 0.3) is 5.69 Å². The number of methoxy groups -OCH3 is 1. The predicted molar refractivity (Wildman–Crippen MR) is 99.8 cm³/mol. The molecule has 0 atom stereocenters. The smallest absolute Gasteiger partial charge is 0.254 e. The van der Waals surface area contributed by atoms with Crippen molar-refractivity contribution in [3.63, 3.8) is 0 Å². The van der Waals surface area contributed by atoms with Crippen molar-refractivity contribution in [1.29, 1.82) is 0 Å². The highest BCUT2D eigenvalue weighted by atomic mass is 35.5. The van der Waals surface area contributed by atoms with E-state index in [1.54, 1.807) is 47.4 Å². The van der Waals surface area contributed by atoms with Crippen molar-refractivity contribution in [3.05, 3.63) is 71.3 Å². The van der Waals surface area contributed by atoms with Gasteiger partial charge in [0.15, 0.2) is 0 Å². The number of amides is 1. The summed E-state index contributed by atoms with van der Waals surface area (Å²) in [6, 6.07) is 12.7. The molecular formula is C19H19ClN4O2. The summed E-state index contributed by atoms with van der Waals surface area (Å²) in [5.74, 6) is 0.661. The number of hydrogen-bond acceptors (Lipinski definition) is 4. The van der Waals surface area contributed by atoms with E-state index in [-0.39, 0.29) is 5.91 Å². The second kappa shape index (κ2) is 8.01. The minimum Gasteiger partial charge on any atom is -0.496 e. The molecule has 134 valence electrons. The third-order valence-electron chi connectivity index (χ3n) is 4.10. The Morgan fingerprint density at radius 1 is 1.15 bits per heavy atom. The number of carbonyl (C=O) groups excluding carboxylic acids is 1. The zero-order valence-corrected chi connectivity index (χ0v) is 15.3. The fourth-order valence-electron chi connectivity index (χ4n) is 2.70. The average molecular weight is 371 g/mol. The van der Waals surface area contributed by atoms with Gasteiger partial charge in [-0.3, -0.25) is 9.36 Å². The Morgan fingerprint density at radius 2 is 1.85 bits per heavy atom. The molecule has 0 bridgehead atoms. The minimum atomic E-state index is -0.0511. The Kier molecular flexibility index (Phi) is 5.53. The lowest BCUT2D eigenvalue weighted by Crippen LogP contribution is -2.30. The molecule has 0 spiro atoms. The maximum Gasteiger partial charge on any atom is 0.254 e. The van der Waals surface area contributed by atoms with Crippen LogP contribution in [0.2, 0.25) is 5.02 Å². The predicted octanol–water partition coefficient (Wildman–Crippen LogP) is 3.59. The summed E-state index contributed by atoms with van der Waals surface area (Å²) in [5, 5.41) is 8.18. The molecule has 6 nitrogen and oxygen atoms in total. The molecule has 0 saturated heterocycles. The van der Waals surface area contributed by atoms with Crippen LogP contribution in [0.4, 0.5) is 0 Å². The number of carbonyl (C=O) groups is 1. The van der Waals surface area contributed by atoms with Crippen molar-refractivity contribution < 1.29 is 9.53 Å². The first kappa shape index (κ1) is 17.9. The standard InChI is InChI=1S/C19H19ClN4O2/c1-3-23(11-15-10-16(20)6-9-18(15)26-2)19(25)14-4-7-17(8-5-14)24-12-21-22-13-24/h4-10,12-13H,3,11H2,1-2H3. The fourth-order valence-corrected chi connectivity index (χ4v) is 2.89. The summed E-state index contributed by atoms with van der Waals surface area (Å²) in [6.07, 6.45) is 3.22. The van der Waals surface area contributed by atoms with Crippen LogP contribution in [0.5, 0.6) is 5.75 Å². The van der Waals surface area contributed by atoms with Crippen LogP contribution in [0, 0.1) is 0 Å². The van der Waals surface area contributed by atoms with Crippen LogP contribution in [0.3, 0.4) is 0 Å². The first-order valence-corrected chi connectivity index (χ1v) is 8.57. The van der Waals surface area contributed by atoms with Gasteiger partial charge < -0.3 is 9.64 Å². The Hall–Kier alpha value is -2.86. The van der Waals surface area contributed by atoms with E-state index in [9.17, 15) is 4.79 Å². The normalized spacial score (nSPS) is 10.6. The maximum atomic E-state index is 12.9. The van der Waals surface area contributed by atoms with Gasteiger partial charge in [-0.25, -0.2) is 0 Å². The molecule has 0 aliphatic heterocycles. The van der Waals surface area contributed by atoms with Crippen LogP contribution in [-0.4, -0.2) is 39.2 Å². The SMILES string of the molecule is CCN(Cc1cc(Cl)ccc1OC)C(=O)c1ccc(-n2cnnc2)cc1. The lowest BCUT2D eigenvalue weighted by molar-refractivity contribution is 0.0751. The van der Waals surface area contributed by atoms with Gasteiger partial charge in [-0.1, -0.05) is 11.6 Å². The summed E-state index contributed by atoms with van der Waals surface area (Å²) >= 11 is 6.09. The van der Waals surface area contributed by atoms with Gasteiger partial charge in [-0.15, -0.1) is 10.2 Å². The Morgan fingerprint density at radius 3 is 2.46 bits per heavy atom. The minimum absolute atomic E-state index is 0.0511. The van der Waals surface area contributed by atoms with Crippen molar-refractivity contribution in [1.82, 2.24) is 19.7 Å². The highest BCUT2D eigenvalue weighted by Gasteiger charge is 2.17. The quantitative estimate of drug-likeness (QED) is 0.665. The highest BCUT2D eigenvalue weighted by molar-refractivity contribution is 6.30. The molecule has 1 aromatic heterocycles. The third kappa shape index (κ3) is 3.86. The molecule has 0 radical (unpaired) electrons. The van der Waals surface area contributed by atoms with Crippen molar-refractivity contribution in [2.24, 2.45) is 0 Å². The van der Waals surface area contributed by atoms with Crippen molar-refractivity contribution in [3.8, 4) is 11.4 Å². The molecule has 26 heavy (non-hydrogen) atoms. The van der Waals surface area contributed by atoms with E-state index < -0.39 is 0 Å². The van der Waals surface area contributed by atoms with E-state index in [1.165, 1.54) is 0 Å². The molecule has 0 aliphatic carbocycles. The molecular weight excluding hydrogens is 352 g/mol. The van der Waals surface area contributed by atoms with E-state index >= 15 is 0 Å². The van der Waals surface area contributed by atoms with Gasteiger partial charge in [0.05, 0.1) is 7.11 Å². The largest absolute Gasteiger partial charge is 0.496 e. The molecule has 1 amide bonds. The second-order valence-corrected chi connectivity index (χ2v) is 6.13. The van der Waals surface area contributed by atoms with Crippen molar-refractivity contribution in [2.45, 2.75) is 13.5 Å². The molecule has 2 aromatic carbocycles. The van der Waals surface area contributed by atoms with Gasteiger partial charge >= 0.3 is 0 Å². The summed E-state index contributed by atoms with van der Waals surface area (Å²) in [6.45, 7) is 2.94. The van der Waals surface area contributed by atoms with Gasteiger partial charge in [0.2, 0.25) is 0 Å². The summed E-state index contributed by atoms with van der Waals surface area (Å²) in [4.78, 5) is 14.6. The van der Waals surface area contributed by atoms with Crippen LogP contribution in [0.15, 0.2) is 55.1 Å². The number of hydrogen-bond donors (Lipinski definition) is 0. The van der Waals surface area contributed by atoms with Crippen LogP contribution >= 0.6 is 11.6 Å². The van der Waals surface area contributed by atoms with E-state index in [0.29, 0.717) is 29.4 Å². The van der Waals surface area contributed by atoms with Gasteiger partial charge in [0.25, 0.3) is 5.91 Å². The zero-order valence-electron chi connectivity index (χ0n) is 14.6. The van der Waals surface area contributed by atoms with Crippen LogP contribution in [-0.2, 0) is 6.54 Å². The molecule has 1 heterocycles. The molecule has 0 fully saturated rings. The zero-order chi connectivity index (χ0) is 18.5. The van der Waals surface area contributed by atoms with Crippen molar-refractivity contribution >= 4 is 17.5 Å². The number of rotatable bonds is 6. The third-order valence-corrected chi connectivity index (χ3v) is 4.34. The maximum absolute atomic E-state index is 12.9. The Labute approximate surface area is 157 Å². The second-order valence-electron chi connectivity index (χ2n) is 5.69. The van der Waals surface area contributed by atoms with E-state index in [1.807, 2.05) is 31.2 Å². The van der Waals surface area contributed by atoms with Gasteiger partial charge in [-0.05, 0) is 49.4 Å². The number of ether oxygens (including phenoxy) is 1. The number of benzene rings is 2. The molecule has 0 unspecified atom stereocenters. The highest BCUT2D eigenvalue weighted by Crippen LogP contribution is 2.24. The molecule has 0 saturated carbocycles. The van der Waals surface area contributed by atoms with Crippen molar-refractivity contribution in [2.75, 3.05) is 13.7 Å². The number of aromatic nitrogens is 3. The van der Waals surface area contributed by atoms with E-state index in [4.69, 9.17) is 16.3 Å². The lowest BCUT2D eigenvalue weighted by Gasteiger charge is -2.22. The fraction of sp³-hybridized carbons (Fsp3) is 0.211. The van der Waals surface area contributed by atoms with E-state index in [0.717, 1.165) is 11.3 Å². The summed E-state index contributed by atoms with van der Waals surface area (Å²) in [5.41, 5.74) is 2.38. The lowest BCUT2D eigenvalue weighted by atomic mass is 10.1. The monoisotopic (exact) mass is 370 g/mol. The number of halogens is 1. The van der Waals surface area contributed by atoms with Gasteiger partial charge in [-0.2, -0.15) is 0 Å². The summed E-state index contributed by atoms with van der Waals surface area (Å²) in [7, 11) is 1.61. The molecule has 3 aromatic rings. The Balaban J connectivity index is 1.80. The molecule has 7 heteroatoms. The summed E-state index contributed by atoms with van der Waals surface area (Å²) < 4.78 is 7.16. The van der Waals surface area contributed by atoms with E-state index in [2.05, 4.69) is 10.2 Å². The van der Waals surface area contributed by atoms with Gasteiger partial charge in [0.1, 0.15) is 18.4 Å². The van der Waals surface area contributed by atoms with Crippen LogP contribution < -0.4 is 4.74 Å². The Bertz CT molecular complexity index is 879. The van der Waals surface area contributed by atoms with Crippen LogP contribution in [0.1, 0.15) is 22.8 Å².